The number of nitrogens with one attached hydrogen (secondary N) is 1. The zero-order valence-electron chi connectivity index (χ0n) is 9.91. The summed E-state index contributed by atoms with van der Waals surface area (Å²) in [7, 11) is 0. The minimum atomic E-state index is -4.52. The zero-order chi connectivity index (χ0) is 14.0. The number of amides is 1. The molecule has 0 fully saturated rings. The Labute approximate surface area is 107 Å². The molecular formula is C13H10F3NO2. The molecule has 2 rings (SSSR count). The van der Waals surface area contributed by atoms with Crippen molar-refractivity contribution in [2.45, 2.75) is 13.1 Å². The van der Waals surface area contributed by atoms with Gasteiger partial charge in [-0.15, -0.1) is 0 Å². The van der Waals surface area contributed by atoms with Crippen LogP contribution in [-0.4, -0.2) is 5.91 Å². The molecular weight excluding hydrogens is 259 g/mol. The SMILES string of the molecule is Cc1coc(C(=O)Nc2ccccc2C(F)(F)F)c1. The topological polar surface area (TPSA) is 42.2 Å². The normalized spacial score (nSPS) is 11.4. The minimum absolute atomic E-state index is 0.0329. The Morgan fingerprint density at radius 1 is 1.26 bits per heavy atom. The average molecular weight is 269 g/mol. The number of rotatable bonds is 2. The second-order valence-electron chi connectivity index (χ2n) is 3.99. The van der Waals surface area contributed by atoms with E-state index in [1.165, 1.54) is 30.5 Å². The number of para-hydroxylation sites is 1. The summed E-state index contributed by atoms with van der Waals surface area (Å²) in [5.41, 5.74) is -0.477. The van der Waals surface area contributed by atoms with Crippen LogP contribution < -0.4 is 5.32 Å². The third-order valence-electron chi connectivity index (χ3n) is 2.44. The minimum Gasteiger partial charge on any atom is -0.459 e. The molecule has 19 heavy (non-hydrogen) atoms. The molecule has 0 bridgehead atoms. The van der Waals surface area contributed by atoms with Crippen LogP contribution in [0.5, 0.6) is 0 Å². The molecule has 1 aromatic carbocycles. The molecule has 0 unspecified atom stereocenters. The van der Waals surface area contributed by atoms with Crippen molar-refractivity contribution in [2.24, 2.45) is 0 Å². The summed E-state index contributed by atoms with van der Waals surface area (Å²) in [6.07, 6.45) is -3.17. The van der Waals surface area contributed by atoms with Crippen LogP contribution in [0.1, 0.15) is 21.7 Å². The quantitative estimate of drug-likeness (QED) is 0.899. The molecule has 0 aliphatic heterocycles. The van der Waals surface area contributed by atoms with Crippen molar-refractivity contribution < 1.29 is 22.4 Å². The van der Waals surface area contributed by atoms with E-state index >= 15 is 0 Å². The van der Waals surface area contributed by atoms with Crippen LogP contribution in [0.15, 0.2) is 41.0 Å². The van der Waals surface area contributed by atoms with Crippen molar-refractivity contribution in [1.82, 2.24) is 0 Å². The highest BCUT2D eigenvalue weighted by Crippen LogP contribution is 2.34. The Morgan fingerprint density at radius 2 is 1.95 bits per heavy atom. The van der Waals surface area contributed by atoms with E-state index < -0.39 is 17.6 Å². The van der Waals surface area contributed by atoms with Gasteiger partial charge in [0, 0.05) is 0 Å². The van der Waals surface area contributed by atoms with Gasteiger partial charge in [0.2, 0.25) is 0 Å². The summed E-state index contributed by atoms with van der Waals surface area (Å²) < 4.78 is 43.1. The standard InChI is InChI=1S/C13H10F3NO2/c1-8-6-11(19-7-8)12(18)17-10-5-3-2-4-9(10)13(14,15)16/h2-7H,1H3,(H,17,18). The summed E-state index contributed by atoms with van der Waals surface area (Å²) >= 11 is 0. The van der Waals surface area contributed by atoms with Crippen molar-refractivity contribution in [3.63, 3.8) is 0 Å². The van der Waals surface area contributed by atoms with Crippen molar-refractivity contribution in [1.29, 1.82) is 0 Å². The highest BCUT2D eigenvalue weighted by molar-refractivity contribution is 6.02. The van der Waals surface area contributed by atoms with Crippen LogP contribution in [0, 0.1) is 6.92 Å². The Bertz CT molecular complexity index is 602. The van der Waals surface area contributed by atoms with Gasteiger partial charge in [-0.1, -0.05) is 12.1 Å². The van der Waals surface area contributed by atoms with Crippen molar-refractivity contribution >= 4 is 11.6 Å². The Balaban J connectivity index is 2.27. The first-order chi connectivity index (χ1) is 8.88. The second-order valence-corrected chi connectivity index (χ2v) is 3.99. The third-order valence-corrected chi connectivity index (χ3v) is 2.44. The number of hydrogen-bond donors (Lipinski definition) is 1. The highest BCUT2D eigenvalue weighted by Gasteiger charge is 2.33. The molecule has 1 heterocycles. The fourth-order valence-electron chi connectivity index (χ4n) is 1.57. The van der Waals surface area contributed by atoms with Gasteiger partial charge in [0.1, 0.15) is 0 Å². The fourth-order valence-corrected chi connectivity index (χ4v) is 1.57. The summed E-state index contributed by atoms with van der Waals surface area (Å²) in [6, 6.07) is 6.22. The van der Waals surface area contributed by atoms with Crippen LogP contribution in [0.3, 0.4) is 0 Å². The zero-order valence-corrected chi connectivity index (χ0v) is 9.91. The van der Waals surface area contributed by atoms with Crippen molar-refractivity contribution in [2.75, 3.05) is 5.32 Å². The molecule has 0 aliphatic rings. The predicted octanol–water partition coefficient (Wildman–Crippen LogP) is 3.86. The first-order valence-electron chi connectivity index (χ1n) is 5.40. The molecule has 0 aliphatic carbocycles. The maximum Gasteiger partial charge on any atom is 0.418 e. The van der Waals surface area contributed by atoms with Crippen molar-refractivity contribution in [3.8, 4) is 0 Å². The first kappa shape index (κ1) is 13.2. The van der Waals surface area contributed by atoms with Gasteiger partial charge >= 0.3 is 6.18 Å². The van der Waals surface area contributed by atoms with Crippen LogP contribution in [0.2, 0.25) is 0 Å². The molecule has 0 radical (unpaired) electrons. The molecule has 1 amide bonds. The smallest absolute Gasteiger partial charge is 0.418 e. The number of carbonyl (C=O) groups is 1. The number of aryl methyl sites for hydroxylation is 1. The van der Waals surface area contributed by atoms with E-state index in [0.29, 0.717) is 5.56 Å². The van der Waals surface area contributed by atoms with Crippen LogP contribution >= 0.6 is 0 Å². The Hall–Kier alpha value is -2.24. The lowest BCUT2D eigenvalue weighted by molar-refractivity contribution is -0.136. The number of halogens is 3. The van der Waals surface area contributed by atoms with E-state index in [9.17, 15) is 18.0 Å². The van der Waals surface area contributed by atoms with Crippen molar-refractivity contribution in [3.05, 3.63) is 53.5 Å². The lowest BCUT2D eigenvalue weighted by Gasteiger charge is -2.12. The molecule has 3 nitrogen and oxygen atoms in total. The number of carbonyl (C=O) groups excluding carboxylic acids is 1. The van der Waals surface area contributed by atoms with Crippen LogP contribution in [-0.2, 0) is 6.18 Å². The number of anilines is 1. The van der Waals surface area contributed by atoms with Gasteiger partial charge in [0.25, 0.3) is 5.91 Å². The third kappa shape index (κ3) is 2.96. The predicted molar refractivity (Wildman–Crippen MR) is 62.8 cm³/mol. The summed E-state index contributed by atoms with van der Waals surface area (Å²) in [4.78, 5) is 11.7. The lowest BCUT2D eigenvalue weighted by atomic mass is 10.1. The molecule has 100 valence electrons. The van der Waals surface area contributed by atoms with E-state index in [4.69, 9.17) is 4.42 Å². The van der Waals surface area contributed by atoms with E-state index in [1.807, 2.05) is 0 Å². The summed E-state index contributed by atoms with van der Waals surface area (Å²) in [6.45, 7) is 1.71. The Morgan fingerprint density at radius 3 is 2.53 bits per heavy atom. The molecule has 1 aromatic heterocycles. The molecule has 2 aromatic rings. The maximum atomic E-state index is 12.7. The van der Waals surface area contributed by atoms with Gasteiger partial charge in [-0.2, -0.15) is 13.2 Å². The summed E-state index contributed by atoms with van der Waals surface area (Å²) in [5, 5.41) is 2.19. The number of furan rings is 1. The van der Waals surface area contributed by atoms with Gasteiger partial charge < -0.3 is 9.73 Å². The number of benzene rings is 1. The second kappa shape index (κ2) is 4.79. The van der Waals surface area contributed by atoms with Crippen LogP contribution in [0.4, 0.5) is 18.9 Å². The van der Waals surface area contributed by atoms with Gasteiger partial charge in [0.05, 0.1) is 17.5 Å². The van der Waals surface area contributed by atoms with Crippen LogP contribution in [0.25, 0.3) is 0 Å². The monoisotopic (exact) mass is 269 g/mol. The maximum absolute atomic E-state index is 12.7. The van der Waals surface area contributed by atoms with Gasteiger partial charge in [-0.25, -0.2) is 0 Å². The Kier molecular flexibility index (Phi) is 3.33. The molecule has 0 spiro atoms. The van der Waals surface area contributed by atoms with E-state index in [1.54, 1.807) is 6.92 Å². The molecule has 0 saturated carbocycles. The van der Waals surface area contributed by atoms with E-state index in [2.05, 4.69) is 5.32 Å². The van der Waals surface area contributed by atoms with E-state index in [-0.39, 0.29) is 11.4 Å². The summed E-state index contributed by atoms with van der Waals surface area (Å²) in [5.74, 6) is -0.751. The molecule has 6 heteroatoms. The van der Waals surface area contributed by atoms with E-state index in [0.717, 1.165) is 6.07 Å². The lowest BCUT2D eigenvalue weighted by Crippen LogP contribution is -2.16. The molecule has 0 atom stereocenters. The number of alkyl halides is 3. The van der Waals surface area contributed by atoms with Gasteiger partial charge in [-0.05, 0) is 30.7 Å². The van der Waals surface area contributed by atoms with Gasteiger partial charge in [0.15, 0.2) is 5.76 Å². The molecule has 0 saturated heterocycles. The first-order valence-corrected chi connectivity index (χ1v) is 5.40. The fraction of sp³-hybridized carbons (Fsp3) is 0.154. The highest BCUT2D eigenvalue weighted by atomic mass is 19.4. The molecule has 1 N–H and O–H groups in total. The number of hydrogen-bond acceptors (Lipinski definition) is 2. The average Bonchev–Trinajstić information content (AvgIpc) is 2.75. The van der Waals surface area contributed by atoms with Gasteiger partial charge in [-0.3, -0.25) is 4.79 Å². The largest absolute Gasteiger partial charge is 0.459 e.